The number of carbonyl (C=O) groups excluding carboxylic acids is 1. The zero-order chi connectivity index (χ0) is 17.6. The second kappa shape index (κ2) is 7.75. The number of pyridine rings is 1. The lowest BCUT2D eigenvalue weighted by Gasteiger charge is -2.07. The summed E-state index contributed by atoms with van der Waals surface area (Å²) in [6.07, 6.45) is 1.81. The molecule has 0 unspecified atom stereocenters. The van der Waals surface area contributed by atoms with Gasteiger partial charge in [0.2, 0.25) is 5.13 Å². The van der Waals surface area contributed by atoms with Gasteiger partial charge in [0.15, 0.2) is 0 Å². The second-order valence-corrected chi connectivity index (χ2v) is 5.88. The molecule has 3 aromatic rings. The number of benzene rings is 1. The minimum Gasteiger partial charge on any atom is -0.370 e. The number of carbonyl (C=O) groups is 1. The van der Waals surface area contributed by atoms with E-state index in [0.29, 0.717) is 35.0 Å². The first-order chi connectivity index (χ1) is 12.1. The summed E-state index contributed by atoms with van der Waals surface area (Å²) in [5.74, 6) is -0.948. The van der Waals surface area contributed by atoms with E-state index < -0.39 is 11.6 Å². The van der Waals surface area contributed by atoms with E-state index in [0.717, 1.165) is 6.07 Å². The Labute approximate surface area is 146 Å². The molecule has 0 saturated carbocycles. The van der Waals surface area contributed by atoms with Crippen LogP contribution in [0.3, 0.4) is 0 Å². The summed E-state index contributed by atoms with van der Waals surface area (Å²) in [6, 6.07) is 6.77. The number of nitrogens with one attached hydrogen (secondary N) is 2. The van der Waals surface area contributed by atoms with Crippen LogP contribution in [0.15, 0.2) is 42.0 Å². The van der Waals surface area contributed by atoms with Crippen molar-refractivity contribution in [3.63, 3.8) is 0 Å². The first kappa shape index (κ1) is 16.9. The number of rotatable bonds is 6. The number of amides is 1. The molecule has 0 bridgehead atoms. The average Bonchev–Trinajstić information content (AvgIpc) is 3.10. The molecule has 0 saturated heterocycles. The third kappa shape index (κ3) is 4.54. The molecule has 25 heavy (non-hydrogen) atoms. The fourth-order valence-corrected chi connectivity index (χ4v) is 2.52. The summed E-state index contributed by atoms with van der Waals surface area (Å²) < 4.78 is 26.4. The number of hydrogen-bond donors (Lipinski definition) is 2. The maximum absolute atomic E-state index is 13.5. The van der Waals surface area contributed by atoms with E-state index in [1.165, 1.54) is 35.2 Å². The minimum absolute atomic E-state index is 0.329. The normalized spacial score (nSPS) is 10.5. The molecule has 2 aromatic heterocycles. The lowest BCUT2D eigenvalue weighted by Crippen LogP contribution is -2.13. The molecule has 2 N–H and O–H groups in total. The molecule has 128 valence electrons. The smallest absolute Gasteiger partial charge is 0.259 e. The number of nitrogens with zero attached hydrogens (tertiary/aromatic N) is 3. The quantitative estimate of drug-likeness (QED) is 0.705. The molecule has 9 heteroatoms. The van der Waals surface area contributed by atoms with Crippen molar-refractivity contribution in [1.29, 1.82) is 0 Å². The van der Waals surface area contributed by atoms with E-state index in [2.05, 4.69) is 25.8 Å². The van der Waals surface area contributed by atoms with Crippen molar-refractivity contribution in [2.75, 3.05) is 17.2 Å². The first-order valence-electron chi connectivity index (χ1n) is 7.33. The summed E-state index contributed by atoms with van der Waals surface area (Å²) in [5.41, 5.74) is 2.32. The predicted octanol–water partition coefficient (Wildman–Crippen LogP) is 3.12. The van der Waals surface area contributed by atoms with Gasteiger partial charge in [-0.1, -0.05) is 17.4 Å². The van der Waals surface area contributed by atoms with E-state index in [-0.39, 0.29) is 5.91 Å². The Kier molecular flexibility index (Phi) is 5.24. The van der Waals surface area contributed by atoms with Crippen LogP contribution in [0.1, 0.15) is 15.9 Å². The van der Waals surface area contributed by atoms with Crippen LogP contribution in [0.4, 0.5) is 19.7 Å². The first-order valence-corrected chi connectivity index (χ1v) is 8.21. The molecule has 2 heterocycles. The van der Waals surface area contributed by atoms with Crippen LogP contribution < -0.4 is 10.6 Å². The second-order valence-electron chi connectivity index (χ2n) is 5.04. The molecule has 0 aliphatic carbocycles. The molecule has 1 amide bonds. The third-order valence-electron chi connectivity index (χ3n) is 3.32. The average molecular weight is 361 g/mol. The lowest BCUT2D eigenvalue weighted by atomic mass is 10.1. The zero-order valence-electron chi connectivity index (χ0n) is 12.9. The Morgan fingerprint density at radius 1 is 1.20 bits per heavy atom. The predicted molar refractivity (Wildman–Crippen MR) is 90.7 cm³/mol. The Bertz CT molecular complexity index is 855. The van der Waals surface area contributed by atoms with Crippen LogP contribution in [-0.2, 0) is 6.42 Å². The van der Waals surface area contributed by atoms with Gasteiger partial charge < -0.3 is 5.32 Å². The largest absolute Gasteiger partial charge is 0.370 e. The van der Waals surface area contributed by atoms with Gasteiger partial charge in [0, 0.05) is 18.8 Å². The van der Waals surface area contributed by atoms with Crippen molar-refractivity contribution in [2.24, 2.45) is 0 Å². The van der Waals surface area contributed by atoms with E-state index in [1.807, 2.05) is 0 Å². The van der Waals surface area contributed by atoms with Crippen LogP contribution in [0, 0.1) is 11.6 Å². The Morgan fingerprint density at radius 2 is 2.08 bits per heavy atom. The van der Waals surface area contributed by atoms with Crippen LogP contribution in [0.25, 0.3) is 0 Å². The minimum atomic E-state index is -0.599. The van der Waals surface area contributed by atoms with Crippen molar-refractivity contribution in [2.45, 2.75) is 6.42 Å². The number of hydrogen-bond acceptors (Lipinski definition) is 6. The highest BCUT2D eigenvalue weighted by atomic mass is 32.1. The van der Waals surface area contributed by atoms with Crippen molar-refractivity contribution < 1.29 is 13.6 Å². The molecule has 3 rings (SSSR count). The molecule has 0 radical (unpaired) electrons. The Morgan fingerprint density at radius 3 is 2.76 bits per heavy atom. The van der Waals surface area contributed by atoms with Gasteiger partial charge >= 0.3 is 0 Å². The molecular formula is C16H13F2N5OS. The standard InChI is InChI=1S/C16H13F2N5OS/c17-12-3-1-10(13(18)7-12)5-6-19-14-4-2-11(8-20-14)15(24)22-16-23-21-9-25-16/h1-4,7-9H,5-6H2,(H,19,20)(H,22,23,24). The van der Waals surface area contributed by atoms with Crippen LogP contribution in [0.2, 0.25) is 0 Å². The van der Waals surface area contributed by atoms with Gasteiger partial charge in [0.05, 0.1) is 5.56 Å². The van der Waals surface area contributed by atoms with Crippen molar-refractivity contribution in [1.82, 2.24) is 15.2 Å². The number of anilines is 2. The zero-order valence-corrected chi connectivity index (χ0v) is 13.7. The van der Waals surface area contributed by atoms with Gasteiger partial charge in [-0.05, 0) is 30.2 Å². The van der Waals surface area contributed by atoms with Gasteiger partial charge in [-0.15, -0.1) is 10.2 Å². The van der Waals surface area contributed by atoms with Gasteiger partial charge in [0.1, 0.15) is 23.0 Å². The topological polar surface area (TPSA) is 79.8 Å². The molecule has 1 aromatic carbocycles. The van der Waals surface area contributed by atoms with Gasteiger partial charge in [0.25, 0.3) is 5.91 Å². The molecule has 0 aliphatic heterocycles. The highest BCUT2D eigenvalue weighted by Gasteiger charge is 2.09. The third-order valence-corrected chi connectivity index (χ3v) is 3.93. The summed E-state index contributed by atoms with van der Waals surface area (Å²) in [4.78, 5) is 16.1. The highest BCUT2D eigenvalue weighted by Crippen LogP contribution is 2.13. The lowest BCUT2D eigenvalue weighted by molar-refractivity contribution is 0.102. The van der Waals surface area contributed by atoms with Crippen molar-refractivity contribution in [3.8, 4) is 0 Å². The maximum Gasteiger partial charge on any atom is 0.259 e. The summed E-state index contributed by atoms with van der Waals surface area (Å²) in [6.45, 7) is 0.423. The Balaban J connectivity index is 1.53. The van der Waals surface area contributed by atoms with E-state index in [1.54, 1.807) is 12.1 Å². The fourth-order valence-electron chi connectivity index (χ4n) is 2.08. The van der Waals surface area contributed by atoms with Crippen LogP contribution >= 0.6 is 11.3 Å². The summed E-state index contributed by atoms with van der Waals surface area (Å²) >= 11 is 1.22. The summed E-state index contributed by atoms with van der Waals surface area (Å²) in [7, 11) is 0. The molecule has 0 aliphatic rings. The maximum atomic E-state index is 13.5. The number of halogens is 2. The van der Waals surface area contributed by atoms with E-state index in [4.69, 9.17) is 0 Å². The van der Waals surface area contributed by atoms with Crippen LogP contribution in [-0.4, -0.2) is 27.6 Å². The molecule has 6 nitrogen and oxygen atoms in total. The fraction of sp³-hybridized carbons (Fsp3) is 0.125. The molecule has 0 fully saturated rings. The van der Waals surface area contributed by atoms with Gasteiger partial charge in [-0.2, -0.15) is 0 Å². The monoisotopic (exact) mass is 361 g/mol. The summed E-state index contributed by atoms with van der Waals surface area (Å²) in [5, 5.41) is 13.4. The van der Waals surface area contributed by atoms with E-state index >= 15 is 0 Å². The van der Waals surface area contributed by atoms with Gasteiger partial charge in [-0.3, -0.25) is 10.1 Å². The molecule has 0 spiro atoms. The Hall–Kier alpha value is -2.94. The number of aromatic nitrogens is 3. The van der Waals surface area contributed by atoms with Crippen molar-refractivity contribution >= 4 is 28.2 Å². The van der Waals surface area contributed by atoms with Crippen LogP contribution in [0.5, 0.6) is 0 Å². The molecular weight excluding hydrogens is 348 g/mol. The van der Waals surface area contributed by atoms with Gasteiger partial charge in [-0.25, -0.2) is 13.8 Å². The SMILES string of the molecule is O=C(Nc1nncs1)c1ccc(NCCc2ccc(F)cc2F)nc1. The highest BCUT2D eigenvalue weighted by molar-refractivity contribution is 7.13. The molecule has 0 atom stereocenters. The van der Waals surface area contributed by atoms with E-state index in [9.17, 15) is 13.6 Å². The van der Waals surface area contributed by atoms with Crippen molar-refractivity contribution in [3.05, 3.63) is 64.8 Å².